The van der Waals surface area contributed by atoms with E-state index in [-0.39, 0.29) is 0 Å². The van der Waals surface area contributed by atoms with E-state index < -0.39 is 0 Å². The highest BCUT2D eigenvalue weighted by Gasteiger charge is 2.36. The molecular weight excluding hydrogens is 218 g/mol. The molecule has 0 heterocycles. The van der Waals surface area contributed by atoms with Crippen LogP contribution in [0, 0.1) is 0 Å². The monoisotopic (exact) mass is 245 g/mol. The van der Waals surface area contributed by atoms with Crippen molar-refractivity contribution >= 4 is 0 Å². The average molecular weight is 245 g/mol. The molecule has 1 heteroatoms. The van der Waals surface area contributed by atoms with E-state index in [1.54, 1.807) is 5.56 Å². The first-order chi connectivity index (χ1) is 8.68. The fourth-order valence-electron chi connectivity index (χ4n) is 3.19. The van der Waals surface area contributed by atoms with Gasteiger partial charge >= 0.3 is 0 Å². The first kappa shape index (κ1) is 13.6. The number of benzene rings is 1. The van der Waals surface area contributed by atoms with E-state index in [0.29, 0.717) is 5.41 Å². The van der Waals surface area contributed by atoms with Crippen molar-refractivity contribution in [3.8, 4) is 0 Å². The van der Waals surface area contributed by atoms with Gasteiger partial charge in [0.15, 0.2) is 0 Å². The predicted molar refractivity (Wildman–Crippen MR) is 79.1 cm³/mol. The average Bonchev–Trinajstić information content (AvgIpc) is 2.80. The smallest absolute Gasteiger partial charge is 0.00757 e. The van der Waals surface area contributed by atoms with E-state index in [9.17, 15) is 0 Å². The van der Waals surface area contributed by atoms with Gasteiger partial charge in [-0.3, -0.25) is 0 Å². The van der Waals surface area contributed by atoms with Crippen LogP contribution in [0.5, 0.6) is 0 Å². The normalized spacial score (nSPS) is 27.6. The van der Waals surface area contributed by atoms with E-state index in [2.05, 4.69) is 50.4 Å². The van der Waals surface area contributed by atoms with Gasteiger partial charge in [-0.2, -0.15) is 0 Å². The van der Waals surface area contributed by atoms with Gasteiger partial charge in [0.1, 0.15) is 0 Å². The fourth-order valence-corrected chi connectivity index (χ4v) is 3.19. The summed E-state index contributed by atoms with van der Waals surface area (Å²) in [5.41, 5.74) is 3.40. The van der Waals surface area contributed by atoms with Crippen LogP contribution >= 0.6 is 0 Å². The first-order valence-electron chi connectivity index (χ1n) is 7.50. The van der Waals surface area contributed by atoms with E-state index in [4.69, 9.17) is 0 Å². The van der Waals surface area contributed by atoms with Crippen LogP contribution in [0.1, 0.15) is 57.6 Å². The van der Waals surface area contributed by atoms with Crippen molar-refractivity contribution < 1.29 is 0 Å². The molecule has 1 aliphatic carbocycles. The van der Waals surface area contributed by atoms with Crippen molar-refractivity contribution in [3.05, 3.63) is 35.4 Å². The second-order valence-electron chi connectivity index (χ2n) is 6.01. The van der Waals surface area contributed by atoms with Gasteiger partial charge in [-0.1, -0.05) is 45.0 Å². The molecule has 0 aromatic heterocycles. The molecule has 2 unspecified atom stereocenters. The summed E-state index contributed by atoms with van der Waals surface area (Å²) in [4.78, 5) is 0. The zero-order chi connectivity index (χ0) is 13.0. The lowest BCUT2D eigenvalue weighted by Gasteiger charge is -2.25. The summed E-state index contributed by atoms with van der Waals surface area (Å²) in [5, 5.41) is 3.68. The molecule has 0 radical (unpaired) electrons. The van der Waals surface area contributed by atoms with Crippen LogP contribution in [0.4, 0.5) is 0 Å². The van der Waals surface area contributed by atoms with Crippen molar-refractivity contribution in [3.63, 3.8) is 0 Å². The maximum absolute atomic E-state index is 3.68. The third-order valence-corrected chi connectivity index (χ3v) is 4.46. The Labute approximate surface area is 112 Å². The lowest BCUT2D eigenvalue weighted by Crippen LogP contribution is -2.29. The standard InChI is InChI=1S/C17H27N/c1-4-11-18-16-9-10-17(3,13-16)15-8-6-7-14(5-2)12-15/h6-8,12,16,18H,4-5,9-11,13H2,1-3H3. The van der Waals surface area contributed by atoms with Gasteiger partial charge in [-0.05, 0) is 55.2 Å². The van der Waals surface area contributed by atoms with E-state index in [1.165, 1.54) is 31.2 Å². The summed E-state index contributed by atoms with van der Waals surface area (Å²) in [5.74, 6) is 0. The molecule has 18 heavy (non-hydrogen) atoms. The first-order valence-corrected chi connectivity index (χ1v) is 7.50. The topological polar surface area (TPSA) is 12.0 Å². The Morgan fingerprint density at radius 1 is 1.33 bits per heavy atom. The molecule has 100 valence electrons. The molecule has 0 bridgehead atoms. The van der Waals surface area contributed by atoms with Crippen LogP contribution in [-0.2, 0) is 11.8 Å². The zero-order valence-corrected chi connectivity index (χ0v) is 12.1. The summed E-state index contributed by atoms with van der Waals surface area (Å²) in [7, 11) is 0. The third kappa shape index (κ3) is 2.95. The Bertz CT molecular complexity index is 385. The largest absolute Gasteiger partial charge is 0.314 e. The number of aryl methyl sites for hydroxylation is 1. The molecule has 0 saturated heterocycles. The van der Waals surface area contributed by atoms with Gasteiger partial charge in [-0.15, -0.1) is 0 Å². The van der Waals surface area contributed by atoms with Gasteiger partial charge in [0.2, 0.25) is 0 Å². The van der Waals surface area contributed by atoms with Crippen molar-refractivity contribution in [1.29, 1.82) is 0 Å². The second-order valence-corrected chi connectivity index (χ2v) is 6.01. The Morgan fingerprint density at radius 3 is 2.89 bits per heavy atom. The lowest BCUT2D eigenvalue weighted by atomic mass is 9.80. The highest BCUT2D eigenvalue weighted by molar-refractivity contribution is 5.31. The Morgan fingerprint density at radius 2 is 2.17 bits per heavy atom. The third-order valence-electron chi connectivity index (χ3n) is 4.46. The molecule has 1 N–H and O–H groups in total. The van der Waals surface area contributed by atoms with Crippen LogP contribution in [0.3, 0.4) is 0 Å². The van der Waals surface area contributed by atoms with Crippen LogP contribution < -0.4 is 5.32 Å². The Balaban J connectivity index is 2.07. The molecule has 1 nitrogen and oxygen atoms in total. The number of hydrogen-bond donors (Lipinski definition) is 1. The second kappa shape index (κ2) is 5.88. The van der Waals surface area contributed by atoms with Gasteiger partial charge < -0.3 is 5.32 Å². The predicted octanol–water partition coefficient (Wildman–Crippen LogP) is 4.06. The minimum atomic E-state index is 0.386. The molecule has 1 aliphatic rings. The highest BCUT2D eigenvalue weighted by atomic mass is 14.9. The van der Waals surface area contributed by atoms with Crippen molar-refractivity contribution in [1.82, 2.24) is 5.32 Å². The minimum Gasteiger partial charge on any atom is -0.314 e. The van der Waals surface area contributed by atoms with Crippen molar-refractivity contribution in [2.75, 3.05) is 6.54 Å². The number of hydrogen-bond acceptors (Lipinski definition) is 1. The van der Waals surface area contributed by atoms with Crippen LogP contribution in [0.15, 0.2) is 24.3 Å². The summed E-state index contributed by atoms with van der Waals surface area (Å²) < 4.78 is 0. The summed E-state index contributed by atoms with van der Waals surface area (Å²) in [6.45, 7) is 8.08. The molecule has 0 amide bonds. The fraction of sp³-hybridized carbons (Fsp3) is 0.647. The molecule has 0 aliphatic heterocycles. The van der Waals surface area contributed by atoms with E-state index >= 15 is 0 Å². The summed E-state index contributed by atoms with van der Waals surface area (Å²) in [6, 6.07) is 9.94. The molecular formula is C17H27N. The number of rotatable bonds is 5. The maximum Gasteiger partial charge on any atom is 0.00757 e. The van der Waals surface area contributed by atoms with Gasteiger partial charge in [0, 0.05) is 6.04 Å². The lowest BCUT2D eigenvalue weighted by molar-refractivity contribution is 0.452. The number of nitrogens with one attached hydrogen (secondary N) is 1. The van der Waals surface area contributed by atoms with Gasteiger partial charge in [0.25, 0.3) is 0 Å². The molecule has 1 aromatic carbocycles. The highest BCUT2D eigenvalue weighted by Crippen LogP contribution is 2.41. The van der Waals surface area contributed by atoms with Crippen molar-refractivity contribution in [2.45, 2.75) is 64.3 Å². The van der Waals surface area contributed by atoms with Gasteiger partial charge in [0.05, 0.1) is 0 Å². The van der Waals surface area contributed by atoms with E-state index in [1.807, 2.05) is 0 Å². The van der Waals surface area contributed by atoms with Crippen LogP contribution in [0.2, 0.25) is 0 Å². The van der Waals surface area contributed by atoms with E-state index in [0.717, 1.165) is 19.0 Å². The summed E-state index contributed by atoms with van der Waals surface area (Å²) in [6.07, 6.45) is 6.31. The van der Waals surface area contributed by atoms with Crippen LogP contribution in [0.25, 0.3) is 0 Å². The minimum absolute atomic E-state index is 0.386. The molecule has 1 aromatic rings. The quantitative estimate of drug-likeness (QED) is 0.825. The van der Waals surface area contributed by atoms with Crippen LogP contribution in [-0.4, -0.2) is 12.6 Å². The Hall–Kier alpha value is -0.820. The molecule has 2 atom stereocenters. The molecule has 1 fully saturated rings. The zero-order valence-electron chi connectivity index (χ0n) is 12.1. The molecule has 1 saturated carbocycles. The summed E-state index contributed by atoms with van der Waals surface area (Å²) >= 11 is 0. The van der Waals surface area contributed by atoms with Crippen molar-refractivity contribution in [2.24, 2.45) is 0 Å². The molecule has 2 rings (SSSR count). The Kier molecular flexibility index (Phi) is 4.45. The molecule has 0 spiro atoms. The SMILES string of the molecule is CCCNC1CCC(C)(c2cccc(CC)c2)C1. The maximum atomic E-state index is 3.68. The van der Waals surface area contributed by atoms with Gasteiger partial charge in [-0.25, -0.2) is 0 Å².